The van der Waals surface area contributed by atoms with Crippen LogP contribution in [0.2, 0.25) is 0 Å². The fourth-order valence-electron chi connectivity index (χ4n) is 2.85. The number of rotatable bonds is 3. The van der Waals surface area contributed by atoms with Crippen molar-refractivity contribution in [1.29, 1.82) is 5.26 Å². The SMILES string of the molecule is COc1ccc(-c2nc(C3CCCC3)sc2N)cc1C#N. The summed E-state index contributed by atoms with van der Waals surface area (Å²) in [5, 5.41) is 11.1. The number of thiazole rings is 1. The minimum Gasteiger partial charge on any atom is -0.495 e. The number of hydrogen-bond donors (Lipinski definition) is 1. The fraction of sp³-hybridized carbons (Fsp3) is 0.375. The van der Waals surface area contributed by atoms with Crippen LogP contribution in [0.15, 0.2) is 18.2 Å². The maximum Gasteiger partial charge on any atom is 0.136 e. The Kier molecular flexibility index (Phi) is 3.80. The molecule has 3 rings (SSSR count). The lowest BCUT2D eigenvalue weighted by atomic mass is 10.1. The van der Waals surface area contributed by atoms with E-state index in [2.05, 4.69) is 6.07 Å². The van der Waals surface area contributed by atoms with Crippen molar-refractivity contribution in [2.24, 2.45) is 0 Å². The van der Waals surface area contributed by atoms with Gasteiger partial charge in [0, 0.05) is 11.5 Å². The summed E-state index contributed by atoms with van der Waals surface area (Å²) in [6, 6.07) is 7.64. The van der Waals surface area contributed by atoms with Crippen LogP contribution in [0.25, 0.3) is 11.3 Å². The van der Waals surface area contributed by atoms with Gasteiger partial charge in [-0.25, -0.2) is 4.98 Å². The van der Waals surface area contributed by atoms with E-state index in [1.165, 1.54) is 25.7 Å². The third kappa shape index (κ3) is 2.59. The van der Waals surface area contributed by atoms with Crippen LogP contribution in [0.3, 0.4) is 0 Å². The van der Waals surface area contributed by atoms with E-state index >= 15 is 0 Å². The highest BCUT2D eigenvalue weighted by Crippen LogP contribution is 2.41. The Hall–Kier alpha value is -2.06. The van der Waals surface area contributed by atoms with Gasteiger partial charge in [0.2, 0.25) is 0 Å². The predicted molar refractivity (Wildman–Crippen MR) is 84.4 cm³/mol. The minimum absolute atomic E-state index is 0.504. The maximum atomic E-state index is 9.19. The topological polar surface area (TPSA) is 71.9 Å². The summed E-state index contributed by atoms with van der Waals surface area (Å²) < 4.78 is 5.17. The number of nitriles is 1. The van der Waals surface area contributed by atoms with Crippen LogP contribution >= 0.6 is 11.3 Å². The van der Waals surface area contributed by atoms with Crippen molar-refractivity contribution < 1.29 is 4.74 Å². The molecule has 1 heterocycles. The number of aromatic nitrogens is 1. The second-order valence-electron chi connectivity index (χ2n) is 5.27. The molecule has 0 saturated heterocycles. The Balaban J connectivity index is 1.98. The van der Waals surface area contributed by atoms with Gasteiger partial charge in [-0.1, -0.05) is 12.8 Å². The fourth-order valence-corrected chi connectivity index (χ4v) is 3.87. The minimum atomic E-state index is 0.504. The number of ether oxygens (including phenoxy) is 1. The summed E-state index contributed by atoms with van der Waals surface area (Å²) in [5.74, 6) is 1.13. The summed E-state index contributed by atoms with van der Waals surface area (Å²) >= 11 is 1.58. The van der Waals surface area contributed by atoms with Gasteiger partial charge in [-0.2, -0.15) is 5.26 Å². The molecule has 1 aromatic heterocycles. The predicted octanol–water partition coefficient (Wildman–Crippen LogP) is 3.93. The molecule has 1 saturated carbocycles. The highest BCUT2D eigenvalue weighted by molar-refractivity contribution is 7.16. The molecule has 4 nitrogen and oxygen atoms in total. The molecule has 108 valence electrons. The van der Waals surface area contributed by atoms with E-state index in [9.17, 15) is 5.26 Å². The Morgan fingerprint density at radius 2 is 2.14 bits per heavy atom. The second-order valence-corrected chi connectivity index (χ2v) is 6.34. The molecule has 2 N–H and O–H groups in total. The molecule has 0 unspecified atom stereocenters. The van der Waals surface area contributed by atoms with Gasteiger partial charge < -0.3 is 10.5 Å². The first-order valence-electron chi connectivity index (χ1n) is 7.07. The molecular weight excluding hydrogens is 282 g/mol. The van der Waals surface area contributed by atoms with Gasteiger partial charge in [0.25, 0.3) is 0 Å². The zero-order valence-corrected chi connectivity index (χ0v) is 12.7. The lowest BCUT2D eigenvalue weighted by Gasteiger charge is -2.05. The molecule has 5 heteroatoms. The number of hydrogen-bond acceptors (Lipinski definition) is 5. The lowest BCUT2D eigenvalue weighted by Crippen LogP contribution is -1.92. The van der Waals surface area contributed by atoms with Crippen LogP contribution < -0.4 is 10.5 Å². The first-order valence-corrected chi connectivity index (χ1v) is 7.89. The highest BCUT2D eigenvalue weighted by Gasteiger charge is 2.22. The third-order valence-electron chi connectivity index (χ3n) is 3.97. The van der Waals surface area contributed by atoms with Crippen molar-refractivity contribution in [2.75, 3.05) is 12.8 Å². The second kappa shape index (κ2) is 5.74. The zero-order valence-electron chi connectivity index (χ0n) is 11.9. The lowest BCUT2D eigenvalue weighted by molar-refractivity contribution is 0.413. The highest BCUT2D eigenvalue weighted by atomic mass is 32.1. The van der Waals surface area contributed by atoms with Gasteiger partial charge in [-0.15, -0.1) is 11.3 Å². The Bertz CT molecular complexity index is 696. The number of nitrogen functional groups attached to an aromatic ring is 1. The van der Waals surface area contributed by atoms with Crippen molar-refractivity contribution >= 4 is 16.3 Å². The van der Waals surface area contributed by atoms with Crippen molar-refractivity contribution in [3.8, 4) is 23.1 Å². The Morgan fingerprint density at radius 1 is 1.38 bits per heavy atom. The summed E-state index contributed by atoms with van der Waals surface area (Å²) in [6.45, 7) is 0. The molecule has 0 spiro atoms. The Labute approximate surface area is 128 Å². The standard InChI is InChI=1S/C16H17N3OS/c1-20-13-7-6-11(8-12(13)9-17)14-15(18)21-16(19-14)10-4-2-3-5-10/h6-8,10H,2-5,18H2,1H3. The summed E-state index contributed by atoms with van der Waals surface area (Å²) in [4.78, 5) is 4.74. The number of anilines is 1. The summed E-state index contributed by atoms with van der Waals surface area (Å²) in [7, 11) is 1.56. The van der Waals surface area contributed by atoms with Gasteiger partial charge in [-0.05, 0) is 31.0 Å². The molecule has 2 aromatic rings. The van der Waals surface area contributed by atoms with Crippen molar-refractivity contribution in [2.45, 2.75) is 31.6 Å². The van der Waals surface area contributed by atoms with E-state index in [4.69, 9.17) is 15.5 Å². The smallest absolute Gasteiger partial charge is 0.136 e. The van der Waals surface area contributed by atoms with Crippen molar-refractivity contribution in [3.63, 3.8) is 0 Å². The first-order chi connectivity index (χ1) is 10.2. The van der Waals surface area contributed by atoms with E-state index in [1.54, 1.807) is 30.6 Å². The molecule has 0 aliphatic heterocycles. The van der Waals surface area contributed by atoms with Crippen LogP contribution in [-0.4, -0.2) is 12.1 Å². The third-order valence-corrected chi connectivity index (χ3v) is 5.01. The Morgan fingerprint density at radius 3 is 2.81 bits per heavy atom. The normalized spacial score (nSPS) is 15.0. The quantitative estimate of drug-likeness (QED) is 0.932. The largest absolute Gasteiger partial charge is 0.495 e. The van der Waals surface area contributed by atoms with Gasteiger partial charge >= 0.3 is 0 Å². The molecule has 21 heavy (non-hydrogen) atoms. The molecule has 0 radical (unpaired) electrons. The van der Waals surface area contributed by atoms with Gasteiger partial charge in [0.05, 0.1) is 17.7 Å². The molecule has 0 atom stereocenters. The van der Waals surface area contributed by atoms with Crippen molar-refractivity contribution in [1.82, 2.24) is 4.98 Å². The van der Waals surface area contributed by atoms with E-state index < -0.39 is 0 Å². The molecular formula is C16H17N3OS. The number of nitrogens with zero attached hydrogens (tertiary/aromatic N) is 2. The van der Waals surface area contributed by atoms with Crippen LogP contribution in [0, 0.1) is 11.3 Å². The molecule has 1 fully saturated rings. The maximum absolute atomic E-state index is 9.19. The van der Waals surface area contributed by atoms with Gasteiger partial charge in [0.1, 0.15) is 22.5 Å². The van der Waals surface area contributed by atoms with E-state index in [0.29, 0.717) is 17.2 Å². The monoisotopic (exact) mass is 299 g/mol. The van der Waals surface area contributed by atoms with Gasteiger partial charge in [-0.3, -0.25) is 0 Å². The number of nitrogens with two attached hydrogens (primary N) is 1. The summed E-state index contributed by atoms with van der Waals surface area (Å²) in [6.07, 6.45) is 4.97. The molecule has 0 amide bonds. The zero-order chi connectivity index (χ0) is 14.8. The average molecular weight is 299 g/mol. The first kappa shape index (κ1) is 13.9. The molecule has 1 aliphatic carbocycles. The van der Waals surface area contributed by atoms with Crippen molar-refractivity contribution in [3.05, 3.63) is 28.8 Å². The molecule has 1 aliphatic rings. The van der Waals surface area contributed by atoms with Crippen LogP contribution in [0.5, 0.6) is 5.75 Å². The number of benzene rings is 1. The molecule has 1 aromatic carbocycles. The van der Waals surface area contributed by atoms with E-state index in [1.807, 2.05) is 6.07 Å². The van der Waals surface area contributed by atoms with E-state index in [-0.39, 0.29) is 0 Å². The molecule has 0 bridgehead atoms. The van der Waals surface area contributed by atoms with Crippen LogP contribution in [0.1, 0.15) is 42.2 Å². The van der Waals surface area contributed by atoms with Crippen LogP contribution in [-0.2, 0) is 0 Å². The summed E-state index contributed by atoms with van der Waals surface area (Å²) in [5.41, 5.74) is 8.32. The van der Waals surface area contributed by atoms with Gasteiger partial charge in [0.15, 0.2) is 0 Å². The van der Waals surface area contributed by atoms with Crippen LogP contribution in [0.4, 0.5) is 5.00 Å². The average Bonchev–Trinajstić information content (AvgIpc) is 3.15. The van der Waals surface area contributed by atoms with E-state index in [0.717, 1.165) is 21.3 Å². The number of methoxy groups -OCH3 is 1.